The Morgan fingerprint density at radius 2 is 2.00 bits per heavy atom. The minimum atomic E-state index is -1.44. The number of pyridine rings is 1. The molecule has 3 aromatic rings. The molecule has 0 aliphatic rings. The molecule has 0 aliphatic heterocycles. The number of benzene rings is 2. The van der Waals surface area contributed by atoms with Gasteiger partial charge in [0.15, 0.2) is 0 Å². The Balaban J connectivity index is 0.00000225. The Morgan fingerprint density at radius 3 is 2.68 bits per heavy atom. The summed E-state index contributed by atoms with van der Waals surface area (Å²) >= 11 is 9.45. The molecule has 0 bridgehead atoms. The second-order valence-electron chi connectivity index (χ2n) is 4.98. The van der Waals surface area contributed by atoms with Crippen LogP contribution >= 0.6 is 27.5 Å². The van der Waals surface area contributed by atoms with Gasteiger partial charge in [0.05, 0.1) is 17.2 Å². The first-order chi connectivity index (χ1) is 11.4. The Labute approximate surface area is 178 Å². The predicted molar refractivity (Wildman–Crippen MR) is 89.5 cm³/mol. The second kappa shape index (κ2) is 8.47. The topological polar surface area (TPSA) is 62.2 Å². The number of ether oxygens (including phenoxy) is 1. The number of hydrogen-bond donors (Lipinski definition) is 0. The molecule has 2 aromatic carbocycles. The summed E-state index contributed by atoms with van der Waals surface area (Å²) in [6.45, 7) is 0.0915. The maximum Gasteiger partial charge on any atom is 1.00 e. The van der Waals surface area contributed by atoms with E-state index in [0.717, 1.165) is 4.47 Å². The molecule has 0 spiro atoms. The summed E-state index contributed by atoms with van der Waals surface area (Å²) in [5, 5.41) is 12.0. The van der Waals surface area contributed by atoms with Gasteiger partial charge in [-0.3, -0.25) is 0 Å². The minimum Gasteiger partial charge on any atom is -0.543 e. The van der Waals surface area contributed by atoms with Crippen molar-refractivity contribution in [2.45, 2.75) is 6.61 Å². The zero-order chi connectivity index (χ0) is 17.3. The first kappa shape index (κ1) is 20.1. The van der Waals surface area contributed by atoms with Crippen molar-refractivity contribution in [3.63, 3.8) is 0 Å². The monoisotopic (exact) mass is 431 g/mol. The molecule has 0 amide bonds. The molecule has 8 heteroatoms. The van der Waals surface area contributed by atoms with Gasteiger partial charge in [-0.2, -0.15) is 0 Å². The van der Waals surface area contributed by atoms with Gasteiger partial charge in [0, 0.05) is 26.5 Å². The van der Waals surface area contributed by atoms with Crippen LogP contribution in [0, 0.1) is 5.82 Å². The van der Waals surface area contributed by atoms with Crippen LogP contribution in [-0.4, -0.2) is 11.0 Å². The van der Waals surface area contributed by atoms with Crippen molar-refractivity contribution >= 4 is 44.4 Å². The van der Waals surface area contributed by atoms with E-state index in [1.165, 1.54) is 24.3 Å². The summed E-state index contributed by atoms with van der Waals surface area (Å²) in [7, 11) is 0. The summed E-state index contributed by atoms with van der Waals surface area (Å²) in [6.07, 6.45) is 0. The van der Waals surface area contributed by atoms with E-state index in [4.69, 9.17) is 16.3 Å². The van der Waals surface area contributed by atoms with Gasteiger partial charge >= 0.3 is 29.6 Å². The Morgan fingerprint density at radius 1 is 1.24 bits per heavy atom. The summed E-state index contributed by atoms with van der Waals surface area (Å²) in [4.78, 5) is 15.0. The van der Waals surface area contributed by atoms with Crippen molar-refractivity contribution in [2.75, 3.05) is 0 Å². The van der Waals surface area contributed by atoms with Crippen LogP contribution in [0.1, 0.15) is 16.1 Å². The maximum absolute atomic E-state index is 13.5. The standard InChI is InChI=1S/C17H10BrClFNO3.Na/c18-10-2-1-9(13(19)5-10)8-24-16-7-15(17(22)23)21-14-4-3-11(20)6-12(14)16;/h1-7H,8H2,(H,22,23);/q;+1/p-1. The van der Waals surface area contributed by atoms with Gasteiger partial charge in [0.2, 0.25) is 0 Å². The van der Waals surface area contributed by atoms with E-state index in [-0.39, 0.29) is 47.6 Å². The van der Waals surface area contributed by atoms with E-state index in [2.05, 4.69) is 20.9 Å². The van der Waals surface area contributed by atoms with Gasteiger partial charge in [0.25, 0.3) is 0 Å². The molecule has 1 heterocycles. The molecular formula is C17H9BrClFNNaO3. The van der Waals surface area contributed by atoms with Crippen LogP contribution in [-0.2, 0) is 6.61 Å². The second-order valence-corrected chi connectivity index (χ2v) is 6.30. The third-order valence-corrected chi connectivity index (χ3v) is 4.19. The molecule has 0 N–H and O–H groups in total. The molecule has 0 saturated heterocycles. The molecule has 0 aliphatic carbocycles. The number of aromatic carboxylic acids is 1. The van der Waals surface area contributed by atoms with Gasteiger partial charge in [-0.15, -0.1) is 0 Å². The van der Waals surface area contributed by atoms with Crippen molar-refractivity contribution in [3.05, 3.63) is 69.0 Å². The molecule has 0 unspecified atom stereocenters. The van der Waals surface area contributed by atoms with Crippen molar-refractivity contribution in [1.82, 2.24) is 4.98 Å². The zero-order valence-corrected chi connectivity index (χ0v) is 17.4. The first-order valence-electron chi connectivity index (χ1n) is 6.82. The number of carbonyl (C=O) groups is 1. The molecule has 122 valence electrons. The molecule has 0 fully saturated rings. The molecule has 1 aromatic heterocycles. The number of fused-ring (bicyclic) bond motifs is 1. The quantitative estimate of drug-likeness (QED) is 0.571. The number of hydrogen-bond acceptors (Lipinski definition) is 4. The Kier molecular flexibility index (Phi) is 6.82. The van der Waals surface area contributed by atoms with Crippen LogP contribution in [0.2, 0.25) is 5.02 Å². The average Bonchev–Trinajstić information content (AvgIpc) is 2.53. The van der Waals surface area contributed by atoms with E-state index < -0.39 is 11.8 Å². The van der Waals surface area contributed by atoms with Crippen LogP contribution in [0.15, 0.2) is 46.9 Å². The summed E-state index contributed by atoms with van der Waals surface area (Å²) in [6, 6.07) is 10.3. The number of carbonyl (C=O) groups excluding carboxylic acids is 1. The Hall–Kier alpha value is -1.18. The van der Waals surface area contributed by atoms with Gasteiger partial charge in [-0.1, -0.05) is 33.6 Å². The first-order valence-corrected chi connectivity index (χ1v) is 7.99. The number of carboxylic acid groups (broad SMARTS) is 1. The summed E-state index contributed by atoms with van der Waals surface area (Å²) < 4.78 is 20.0. The molecule has 25 heavy (non-hydrogen) atoms. The van der Waals surface area contributed by atoms with Gasteiger partial charge in [0.1, 0.15) is 18.2 Å². The molecule has 0 saturated carbocycles. The molecular weight excluding hydrogens is 424 g/mol. The molecule has 3 rings (SSSR count). The maximum atomic E-state index is 13.5. The van der Waals surface area contributed by atoms with Crippen molar-refractivity contribution < 1.29 is 48.6 Å². The van der Waals surface area contributed by atoms with Crippen LogP contribution in [0.4, 0.5) is 4.39 Å². The minimum absolute atomic E-state index is 0. The number of halogens is 3. The van der Waals surface area contributed by atoms with Crippen LogP contribution < -0.4 is 39.4 Å². The van der Waals surface area contributed by atoms with E-state index in [1.54, 1.807) is 12.1 Å². The van der Waals surface area contributed by atoms with Gasteiger partial charge in [-0.05, 0) is 30.3 Å². The van der Waals surface area contributed by atoms with Crippen molar-refractivity contribution in [3.8, 4) is 5.75 Å². The number of rotatable bonds is 4. The third kappa shape index (κ3) is 4.71. The van der Waals surface area contributed by atoms with Crippen molar-refractivity contribution in [2.24, 2.45) is 0 Å². The van der Waals surface area contributed by atoms with E-state index in [9.17, 15) is 14.3 Å². The number of nitrogens with zero attached hydrogens (tertiary/aromatic N) is 1. The Bertz CT molecular complexity index is 955. The molecule has 0 atom stereocenters. The summed E-state index contributed by atoms with van der Waals surface area (Å²) in [5.41, 5.74) is 0.720. The molecule has 4 nitrogen and oxygen atoms in total. The predicted octanol–water partition coefficient (Wildman–Crippen LogP) is 0.736. The largest absolute Gasteiger partial charge is 1.00 e. The van der Waals surface area contributed by atoms with Crippen LogP contribution in [0.25, 0.3) is 10.9 Å². The van der Waals surface area contributed by atoms with Crippen molar-refractivity contribution in [1.29, 1.82) is 0 Å². The third-order valence-electron chi connectivity index (χ3n) is 3.34. The van der Waals surface area contributed by atoms with Gasteiger partial charge < -0.3 is 14.6 Å². The fraction of sp³-hybridized carbons (Fsp3) is 0.0588. The van der Waals surface area contributed by atoms with E-state index in [0.29, 0.717) is 21.5 Å². The van der Waals surface area contributed by atoms with E-state index in [1.807, 2.05) is 6.07 Å². The van der Waals surface area contributed by atoms with Crippen LogP contribution in [0.5, 0.6) is 5.75 Å². The SMILES string of the molecule is O=C([O-])c1cc(OCc2ccc(Br)cc2Cl)c2cc(F)ccc2n1.[Na+]. The smallest absolute Gasteiger partial charge is 0.543 e. The van der Waals surface area contributed by atoms with Gasteiger partial charge in [-0.25, -0.2) is 9.37 Å². The average molecular weight is 433 g/mol. The fourth-order valence-corrected chi connectivity index (χ4v) is 2.91. The van der Waals surface area contributed by atoms with E-state index >= 15 is 0 Å². The fourth-order valence-electron chi connectivity index (χ4n) is 2.19. The number of aromatic nitrogens is 1. The summed E-state index contributed by atoms with van der Waals surface area (Å²) in [5.74, 6) is -1.72. The molecule has 0 radical (unpaired) electrons. The zero-order valence-electron chi connectivity index (χ0n) is 13.1. The normalized spacial score (nSPS) is 10.4. The number of carboxylic acids is 1. The van der Waals surface area contributed by atoms with Crippen LogP contribution in [0.3, 0.4) is 0 Å².